The van der Waals surface area contributed by atoms with Gasteiger partial charge in [-0.15, -0.1) is 0 Å². The number of imide groups is 1. The largest absolute Gasteiger partial charge is 0.351 e. The fourth-order valence-electron chi connectivity index (χ4n) is 2.18. The van der Waals surface area contributed by atoms with Crippen molar-refractivity contribution in [1.82, 2.24) is 19.6 Å². The van der Waals surface area contributed by atoms with E-state index in [0.717, 1.165) is 28.0 Å². The van der Waals surface area contributed by atoms with Gasteiger partial charge in [-0.05, 0) is 18.2 Å². The number of carbonyl (C=O) groups is 3. The number of rotatable bonds is 5. The molecule has 1 saturated heterocycles. The van der Waals surface area contributed by atoms with E-state index < -0.39 is 0 Å². The van der Waals surface area contributed by atoms with E-state index in [1.165, 1.54) is 6.08 Å². The van der Waals surface area contributed by atoms with Crippen LogP contribution < -0.4 is 5.32 Å². The molecule has 0 atom stereocenters. The number of pyridine rings is 1. The summed E-state index contributed by atoms with van der Waals surface area (Å²) in [6.45, 7) is 0.425. The SMILES string of the molecule is O=C(/C=C/c1cnc2ccccn12)NCCN1C(=O)CSC1=O. The molecule has 0 saturated carbocycles. The standard InChI is InChI=1S/C15H14N4O3S/c20-13(16-6-8-19-14(21)10-23-15(19)22)5-4-11-9-17-12-3-1-2-7-18(11)12/h1-5,7,9H,6,8,10H2,(H,16,20)/b5-4+. The van der Waals surface area contributed by atoms with Crippen LogP contribution in [-0.4, -0.2) is 50.2 Å². The molecule has 118 valence electrons. The summed E-state index contributed by atoms with van der Waals surface area (Å²) >= 11 is 0.983. The van der Waals surface area contributed by atoms with Crippen LogP contribution in [0.25, 0.3) is 11.7 Å². The Bertz CT molecular complexity index is 783. The molecule has 1 fully saturated rings. The maximum atomic E-state index is 11.8. The number of fused-ring (bicyclic) bond motifs is 1. The first kappa shape index (κ1) is 15.3. The number of imidazole rings is 1. The highest BCUT2D eigenvalue weighted by atomic mass is 32.2. The molecular weight excluding hydrogens is 316 g/mol. The number of carbonyl (C=O) groups excluding carboxylic acids is 3. The predicted octanol–water partition coefficient (Wildman–Crippen LogP) is 1.16. The summed E-state index contributed by atoms with van der Waals surface area (Å²) in [4.78, 5) is 40.0. The van der Waals surface area contributed by atoms with Crippen molar-refractivity contribution in [3.63, 3.8) is 0 Å². The zero-order valence-corrected chi connectivity index (χ0v) is 13.0. The molecular formula is C15H14N4O3S. The van der Waals surface area contributed by atoms with Gasteiger partial charge in [0.05, 0.1) is 17.6 Å². The molecule has 0 radical (unpaired) electrons. The van der Waals surface area contributed by atoms with E-state index in [-0.39, 0.29) is 35.9 Å². The van der Waals surface area contributed by atoms with Crippen molar-refractivity contribution in [1.29, 1.82) is 0 Å². The van der Waals surface area contributed by atoms with Crippen molar-refractivity contribution >= 4 is 40.5 Å². The van der Waals surface area contributed by atoms with Gasteiger partial charge in [-0.1, -0.05) is 17.8 Å². The van der Waals surface area contributed by atoms with Crippen molar-refractivity contribution in [3.05, 3.63) is 42.4 Å². The molecule has 0 aliphatic carbocycles. The summed E-state index contributed by atoms with van der Waals surface area (Å²) in [5, 5.41) is 2.39. The highest BCUT2D eigenvalue weighted by Crippen LogP contribution is 2.17. The molecule has 0 bridgehead atoms. The van der Waals surface area contributed by atoms with Gasteiger partial charge in [-0.3, -0.25) is 19.3 Å². The molecule has 3 rings (SSSR count). The van der Waals surface area contributed by atoms with Crippen LogP contribution in [0.2, 0.25) is 0 Å². The van der Waals surface area contributed by atoms with Crippen LogP contribution in [0.3, 0.4) is 0 Å². The van der Waals surface area contributed by atoms with E-state index in [2.05, 4.69) is 10.3 Å². The van der Waals surface area contributed by atoms with Crippen LogP contribution in [0, 0.1) is 0 Å². The number of aromatic nitrogens is 2. The Balaban J connectivity index is 1.53. The Labute approximate surface area is 136 Å². The van der Waals surface area contributed by atoms with Crippen LogP contribution >= 0.6 is 11.8 Å². The molecule has 1 aliphatic heterocycles. The second-order valence-electron chi connectivity index (χ2n) is 4.84. The summed E-state index contributed by atoms with van der Waals surface area (Å²) in [7, 11) is 0. The number of hydrogen-bond donors (Lipinski definition) is 1. The summed E-state index contributed by atoms with van der Waals surface area (Å²) < 4.78 is 1.86. The third kappa shape index (κ3) is 3.42. The van der Waals surface area contributed by atoms with Crippen LogP contribution in [-0.2, 0) is 9.59 Å². The second-order valence-corrected chi connectivity index (χ2v) is 5.76. The van der Waals surface area contributed by atoms with Gasteiger partial charge < -0.3 is 9.72 Å². The van der Waals surface area contributed by atoms with Crippen molar-refractivity contribution in [2.75, 3.05) is 18.8 Å². The number of nitrogens with one attached hydrogen (secondary N) is 1. The lowest BCUT2D eigenvalue weighted by Crippen LogP contribution is -2.37. The second kappa shape index (κ2) is 6.66. The fraction of sp³-hybridized carbons (Fsp3) is 0.200. The van der Waals surface area contributed by atoms with E-state index in [0.29, 0.717) is 0 Å². The van der Waals surface area contributed by atoms with E-state index in [1.54, 1.807) is 12.3 Å². The quantitative estimate of drug-likeness (QED) is 0.832. The van der Waals surface area contributed by atoms with Crippen LogP contribution in [0.5, 0.6) is 0 Å². The van der Waals surface area contributed by atoms with Gasteiger partial charge in [0.1, 0.15) is 5.65 Å². The minimum atomic E-state index is -0.289. The molecule has 1 N–H and O–H groups in total. The average Bonchev–Trinajstić information content (AvgIpc) is 3.11. The molecule has 8 heteroatoms. The molecule has 1 aliphatic rings. The molecule has 7 nitrogen and oxygen atoms in total. The normalized spacial score (nSPS) is 15.0. The van der Waals surface area contributed by atoms with Crippen LogP contribution in [0.1, 0.15) is 5.69 Å². The molecule has 3 amide bonds. The van der Waals surface area contributed by atoms with Crippen LogP contribution in [0.15, 0.2) is 36.7 Å². The highest BCUT2D eigenvalue weighted by Gasteiger charge is 2.29. The Morgan fingerprint density at radius 1 is 1.39 bits per heavy atom. The summed E-state index contributed by atoms with van der Waals surface area (Å²) in [6, 6.07) is 5.65. The lowest BCUT2D eigenvalue weighted by atomic mass is 10.3. The summed E-state index contributed by atoms with van der Waals surface area (Å²) in [5.74, 6) is -0.320. The van der Waals surface area contributed by atoms with Crippen molar-refractivity contribution in [2.24, 2.45) is 0 Å². The minimum absolute atomic E-state index is 0.182. The van der Waals surface area contributed by atoms with Gasteiger partial charge in [0, 0.05) is 25.4 Å². The molecule has 0 unspecified atom stereocenters. The fourth-order valence-corrected chi connectivity index (χ4v) is 2.94. The smallest absolute Gasteiger partial charge is 0.288 e. The number of nitrogens with zero attached hydrogens (tertiary/aromatic N) is 3. The first-order valence-corrected chi connectivity index (χ1v) is 7.99. The molecule has 0 spiro atoms. The first-order chi connectivity index (χ1) is 11.1. The predicted molar refractivity (Wildman–Crippen MR) is 86.8 cm³/mol. The first-order valence-electron chi connectivity index (χ1n) is 7.00. The lowest BCUT2D eigenvalue weighted by Gasteiger charge is -2.12. The van der Waals surface area contributed by atoms with Gasteiger partial charge in [-0.2, -0.15) is 0 Å². The van der Waals surface area contributed by atoms with Crippen LogP contribution in [0.4, 0.5) is 4.79 Å². The molecule has 0 aromatic carbocycles. The Hall–Kier alpha value is -2.61. The highest BCUT2D eigenvalue weighted by molar-refractivity contribution is 8.14. The maximum Gasteiger partial charge on any atom is 0.288 e. The van der Waals surface area contributed by atoms with Gasteiger partial charge >= 0.3 is 0 Å². The van der Waals surface area contributed by atoms with E-state index in [1.807, 2.05) is 28.8 Å². The zero-order valence-electron chi connectivity index (χ0n) is 12.1. The van der Waals surface area contributed by atoms with Gasteiger partial charge in [-0.25, -0.2) is 4.98 Å². The summed E-state index contributed by atoms with van der Waals surface area (Å²) in [5.41, 5.74) is 1.59. The van der Waals surface area contributed by atoms with E-state index >= 15 is 0 Å². The summed E-state index contributed by atoms with van der Waals surface area (Å²) in [6.07, 6.45) is 6.61. The van der Waals surface area contributed by atoms with Gasteiger partial charge in [0.25, 0.3) is 5.24 Å². The number of thioether (sulfide) groups is 1. The Morgan fingerprint density at radius 2 is 2.26 bits per heavy atom. The lowest BCUT2D eigenvalue weighted by molar-refractivity contribution is -0.125. The topological polar surface area (TPSA) is 83.8 Å². The molecule has 2 aromatic rings. The third-order valence-corrected chi connectivity index (χ3v) is 4.18. The Kier molecular flexibility index (Phi) is 4.42. The monoisotopic (exact) mass is 330 g/mol. The minimum Gasteiger partial charge on any atom is -0.351 e. The van der Waals surface area contributed by atoms with Crippen molar-refractivity contribution in [3.8, 4) is 0 Å². The molecule has 3 heterocycles. The number of amides is 3. The molecule has 23 heavy (non-hydrogen) atoms. The number of hydrogen-bond acceptors (Lipinski definition) is 5. The van der Waals surface area contributed by atoms with Crippen molar-refractivity contribution in [2.45, 2.75) is 0 Å². The average molecular weight is 330 g/mol. The van der Waals surface area contributed by atoms with E-state index in [9.17, 15) is 14.4 Å². The maximum absolute atomic E-state index is 11.8. The van der Waals surface area contributed by atoms with Crippen molar-refractivity contribution < 1.29 is 14.4 Å². The van der Waals surface area contributed by atoms with E-state index in [4.69, 9.17) is 0 Å². The van der Waals surface area contributed by atoms with Gasteiger partial charge in [0.15, 0.2) is 0 Å². The van der Waals surface area contributed by atoms with Gasteiger partial charge in [0.2, 0.25) is 11.8 Å². The third-order valence-electron chi connectivity index (χ3n) is 3.33. The zero-order chi connectivity index (χ0) is 16.2. The Morgan fingerprint density at radius 3 is 3.04 bits per heavy atom. The molecule has 2 aromatic heterocycles.